The lowest BCUT2D eigenvalue weighted by atomic mass is 9.88. The molecule has 2 heterocycles. The van der Waals surface area contributed by atoms with E-state index >= 15 is 0 Å². The van der Waals surface area contributed by atoms with Crippen molar-refractivity contribution in [1.82, 2.24) is 4.98 Å². The number of primary amides is 1. The number of rotatable bonds is 6. The highest BCUT2D eigenvalue weighted by atomic mass is 35.5. The van der Waals surface area contributed by atoms with Crippen LogP contribution < -0.4 is 16.0 Å². The summed E-state index contributed by atoms with van der Waals surface area (Å²) >= 11 is 14.1. The van der Waals surface area contributed by atoms with Crippen molar-refractivity contribution in [3.05, 3.63) is 106 Å². The van der Waals surface area contributed by atoms with Crippen LogP contribution in [0.3, 0.4) is 0 Å². The van der Waals surface area contributed by atoms with Crippen LogP contribution in [0.5, 0.6) is 0 Å². The lowest BCUT2D eigenvalue weighted by Crippen LogP contribution is -2.31. The molecule has 0 fully saturated rings. The number of oxazole rings is 1. The second-order valence-electron chi connectivity index (χ2n) is 9.62. The molecule has 6 rings (SSSR count). The third-order valence-electron chi connectivity index (χ3n) is 7.17. The van der Waals surface area contributed by atoms with E-state index < -0.39 is 5.91 Å². The number of anilines is 3. The van der Waals surface area contributed by atoms with Gasteiger partial charge in [-0.2, -0.15) is 4.98 Å². The first kappa shape index (κ1) is 26.6. The molecule has 0 spiro atoms. The number of carbonyl (C=O) groups is 1. The van der Waals surface area contributed by atoms with Crippen molar-refractivity contribution >= 4 is 63.9 Å². The highest BCUT2D eigenvalue weighted by Gasteiger charge is 2.30. The Balaban J connectivity index is 1.71. The maximum Gasteiger partial charge on any atom is 0.300 e. The molecule has 0 aliphatic carbocycles. The molecule has 1 amide bonds. The average molecular weight is 582 g/mol. The van der Waals surface area contributed by atoms with Crippen LogP contribution in [0.15, 0.2) is 99.5 Å². The lowest BCUT2D eigenvalue weighted by molar-refractivity contribution is -0.114. The minimum atomic E-state index is -0.520. The number of nitrogens with one attached hydrogen (secondary N) is 1. The van der Waals surface area contributed by atoms with E-state index in [9.17, 15) is 4.79 Å². The van der Waals surface area contributed by atoms with E-state index in [-0.39, 0.29) is 12.6 Å². The first-order chi connectivity index (χ1) is 19.8. The fourth-order valence-corrected chi connectivity index (χ4v) is 5.77. The SMILES string of the molecule is CC1=C(C(N)=O)CN=CN1c1c(C)c(Nc2nc3ccccc3o2)c(Cl)c(-c2ccccc2Cl)c1-c1ccccc1. The number of hydrogen-bond acceptors (Lipinski definition) is 6. The zero-order valence-corrected chi connectivity index (χ0v) is 23.8. The molecule has 1 aromatic heterocycles. The predicted octanol–water partition coefficient (Wildman–Crippen LogP) is 8.13. The third-order valence-corrected chi connectivity index (χ3v) is 7.88. The first-order valence-electron chi connectivity index (χ1n) is 12.9. The van der Waals surface area contributed by atoms with Gasteiger partial charge in [0.2, 0.25) is 5.91 Å². The number of aromatic nitrogens is 1. The molecule has 204 valence electrons. The average Bonchev–Trinajstić information content (AvgIpc) is 3.39. The van der Waals surface area contributed by atoms with Crippen LogP contribution in [0.4, 0.5) is 17.4 Å². The van der Waals surface area contributed by atoms with Gasteiger partial charge in [-0.05, 0) is 43.2 Å². The number of carbonyl (C=O) groups excluding carboxylic acids is 1. The van der Waals surface area contributed by atoms with E-state index in [1.54, 1.807) is 6.34 Å². The fourth-order valence-electron chi connectivity index (χ4n) is 5.15. The van der Waals surface area contributed by atoms with Crippen molar-refractivity contribution in [1.29, 1.82) is 0 Å². The van der Waals surface area contributed by atoms with Gasteiger partial charge >= 0.3 is 0 Å². The van der Waals surface area contributed by atoms with Gasteiger partial charge in [0.25, 0.3) is 6.01 Å². The van der Waals surface area contributed by atoms with E-state index in [1.165, 1.54) is 0 Å². The van der Waals surface area contributed by atoms with E-state index in [0.717, 1.165) is 27.9 Å². The van der Waals surface area contributed by atoms with Gasteiger partial charge in [0.15, 0.2) is 5.58 Å². The van der Waals surface area contributed by atoms with E-state index in [4.69, 9.17) is 33.4 Å². The van der Waals surface area contributed by atoms with Crippen LogP contribution in [0.2, 0.25) is 10.0 Å². The Hall–Kier alpha value is -4.59. The number of para-hydroxylation sites is 2. The zero-order chi connectivity index (χ0) is 28.7. The number of allylic oxidation sites excluding steroid dienone is 1. The number of halogens is 2. The molecular weight excluding hydrogens is 557 g/mol. The summed E-state index contributed by atoms with van der Waals surface area (Å²) in [4.78, 5) is 23.3. The van der Waals surface area contributed by atoms with Gasteiger partial charge in [0.1, 0.15) is 5.52 Å². The Morgan fingerprint density at radius 2 is 1.66 bits per heavy atom. The number of nitrogens with zero attached hydrogens (tertiary/aromatic N) is 3. The van der Waals surface area contributed by atoms with Gasteiger partial charge in [-0.25, -0.2) is 0 Å². The molecule has 0 saturated heterocycles. The monoisotopic (exact) mass is 581 g/mol. The van der Waals surface area contributed by atoms with E-state index in [2.05, 4.69) is 15.3 Å². The second kappa shape index (κ2) is 10.8. The number of nitrogens with two attached hydrogens (primary N) is 1. The summed E-state index contributed by atoms with van der Waals surface area (Å²) in [5, 5.41) is 4.31. The Kier molecular flexibility index (Phi) is 6.99. The van der Waals surface area contributed by atoms with Gasteiger partial charge < -0.3 is 20.4 Å². The molecule has 7 nitrogen and oxygen atoms in total. The number of hydrogen-bond donors (Lipinski definition) is 2. The molecule has 0 atom stereocenters. The van der Waals surface area contributed by atoms with Crippen LogP contribution in [-0.4, -0.2) is 23.8 Å². The maximum absolute atomic E-state index is 12.4. The molecule has 1 aliphatic rings. The Bertz CT molecular complexity index is 1850. The minimum Gasteiger partial charge on any atom is -0.423 e. The van der Waals surface area contributed by atoms with Crippen molar-refractivity contribution in [2.24, 2.45) is 10.7 Å². The smallest absolute Gasteiger partial charge is 0.300 e. The second-order valence-corrected chi connectivity index (χ2v) is 10.4. The van der Waals surface area contributed by atoms with Gasteiger partial charge in [0, 0.05) is 27.4 Å². The van der Waals surface area contributed by atoms with E-state index in [0.29, 0.717) is 43.7 Å². The first-order valence-corrected chi connectivity index (χ1v) is 13.7. The summed E-state index contributed by atoms with van der Waals surface area (Å²) in [7, 11) is 0. The Morgan fingerprint density at radius 3 is 2.39 bits per heavy atom. The zero-order valence-electron chi connectivity index (χ0n) is 22.3. The number of amides is 1. The molecule has 0 saturated carbocycles. The van der Waals surface area contributed by atoms with Crippen LogP contribution in [0.1, 0.15) is 12.5 Å². The van der Waals surface area contributed by atoms with Gasteiger partial charge in [0.05, 0.1) is 34.9 Å². The van der Waals surface area contributed by atoms with Crippen molar-refractivity contribution in [3.63, 3.8) is 0 Å². The molecule has 4 aromatic carbocycles. The summed E-state index contributed by atoms with van der Waals surface area (Å²) < 4.78 is 6.00. The summed E-state index contributed by atoms with van der Waals surface area (Å²) in [6.45, 7) is 4.02. The maximum atomic E-state index is 12.4. The van der Waals surface area contributed by atoms with Crippen molar-refractivity contribution < 1.29 is 9.21 Å². The van der Waals surface area contributed by atoms with Crippen LogP contribution >= 0.6 is 23.2 Å². The standard InChI is InChI=1S/C32H25Cl2N5O2/c1-18-29(38-32-37-24-14-8-9-15-25(24)41-32)28(34)27(21-12-6-7-13-23(21)33)26(20-10-4-3-5-11-20)30(18)39-17-36-16-22(19(39)2)31(35)40/h3-15,17H,16H2,1-2H3,(H2,35,40)(H,37,38). The molecule has 0 bridgehead atoms. The van der Waals surface area contributed by atoms with Crippen LogP contribution in [0.25, 0.3) is 33.4 Å². The quantitative estimate of drug-likeness (QED) is 0.211. The molecule has 41 heavy (non-hydrogen) atoms. The molecule has 0 unspecified atom stereocenters. The highest BCUT2D eigenvalue weighted by molar-refractivity contribution is 6.40. The largest absolute Gasteiger partial charge is 0.423 e. The lowest BCUT2D eigenvalue weighted by Gasteiger charge is -2.32. The van der Waals surface area contributed by atoms with Crippen LogP contribution in [-0.2, 0) is 4.79 Å². The predicted molar refractivity (Wildman–Crippen MR) is 167 cm³/mol. The Morgan fingerprint density at radius 1 is 0.951 bits per heavy atom. The van der Waals surface area contributed by atoms with Crippen LogP contribution in [0, 0.1) is 6.92 Å². The van der Waals surface area contributed by atoms with Gasteiger partial charge in [-0.15, -0.1) is 0 Å². The topological polar surface area (TPSA) is 96.8 Å². The third kappa shape index (κ3) is 4.73. The summed E-state index contributed by atoms with van der Waals surface area (Å²) in [6, 6.07) is 25.3. The highest BCUT2D eigenvalue weighted by Crippen LogP contribution is 2.52. The molecule has 5 aromatic rings. The normalized spacial score (nSPS) is 13.2. The summed E-state index contributed by atoms with van der Waals surface area (Å²) in [5.74, 6) is -0.520. The molecule has 0 radical (unpaired) electrons. The Labute approximate surface area is 246 Å². The number of fused-ring (bicyclic) bond motifs is 1. The van der Waals surface area contributed by atoms with Crippen molar-refractivity contribution in [3.8, 4) is 22.3 Å². The molecular formula is C32H25Cl2N5O2. The van der Waals surface area contributed by atoms with Gasteiger partial charge in [-0.1, -0.05) is 83.9 Å². The summed E-state index contributed by atoms with van der Waals surface area (Å²) in [5.41, 5.74) is 13.5. The fraction of sp³-hybridized carbons (Fsp3) is 0.0938. The molecule has 9 heteroatoms. The van der Waals surface area contributed by atoms with E-state index in [1.807, 2.05) is 97.6 Å². The number of aliphatic imine (C=N–C) groups is 1. The minimum absolute atomic E-state index is 0.205. The van der Waals surface area contributed by atoms with Crippen molar-refractivity contribution in [2.45, 2.75) is 13.8 Å². The molecule has 1 aliphatic heterocycles. The summed E-state index contributed by atoms with van der Waals surface area (Å²) in [6.07, 6.45) is 1.71. The molecule has 3 N–H and O–H groups in total. The number of benzene rings is 4. The van der Waals surface area contributed by atoms with Crippen molar-refractivity contribution in [2.75, 3.05) is 16.8 Å². The van der Waals surface area contributed by atoms with Gasteiger partial charge in [-0.3, -0.25) is 9.79 Å².